The van der Waals surface area contributed by atoms with E-state index < -0.39 is 0 Å². The van der Waals surface area contributed by atoms with Crippen LogP contribution in [0, 0.1) is 0 Å². The predicted octanol–water partition coefficient (Wildman–Crippen LogP) is 3.64. The van der Waals surface area contributed by atoms with Crippen molar-refractivity contribution < 1.29 is 23.7 Å². The summed E-state index contributed by atoms with van der Waals surface area (Å²) in [4.78, 5) is 14.2. The smallest absolute Gasteiger partial charge is 0.228 e. The summed E-state index contributed by atoms with van der Waals surface area (Å²) in [6.07, 6.45) is 0.132. The van der Waals surface area contributed by atoms with Gasteiger partial charge in [-0.05, 0) is 60.2 Å². The molecule has 1 amide bonds. The number of hydrogen-bond donors (Lipinski definition) is 1. The number of nitrogens with one attached hydrogen (secondary N) is 1. The van der Waals surface area contributed by atoms with Gasteiger partial charge in [0.25, 0.3) is 0 Å². The zero-order valence-corrected chi connectivity index (χ0v) is 18.8. The topological polar surface area (TPSA) is 96.7 Å². The van der Waals surface area contributed by atoms with Crippen LogP contribution in [0.3, 0.4) is 0 Å². The number of rotatable bonds is 8. The summed E-state index contributed by atoms with van der Waals surface area (Å²) in [6, 6.07) is 16.3. The van der Waals surface area contributed by atoms with Gasteiger partial charge in [0.2, 0.25) is 11.7 Å². The van der Waals surface area contributed by atoms with Gasteiger partial charge in [-0.15, -0.1) is 10.2 Å². The molecule has 0 fully saturated rings. The lowest BCUT2D eigenvalue weighted by atomic mass is 10.1. The normalized spacial score (nSPS) is 10.7. The molecule has 9 nitrogen and oxygen atoms in total. The van der Waals surface area contributed by atoms with Crippen LogP contribution in [0.2, 0.25) is 0 Å². The molecule has 170 valence electrons. The molecule has 0 spiro atoms. The van der Waals surface area contributed by atoms with E-state index in [9.17, 15) is 4.79 Å². The lowest BCUT2D eigenvalue weighted by Gasteiger charge is -2.14. The zero-order chi connectivity index (χ0) is 23.4. The van der Waals surface area contributed by atoms with Gasteiger partial charge in [0.05, 0.1) is 40.5 Å². The van der Waals surface area contributed by atoms with Crippen molar-refractivity contribution in [1.29, 1.82) is 0 Å². The fraction of sp³-hybridized carbons (Fsp3) is 0.208. The first-order valence-corrected chi connectivity index (χ1v) is 10.1. The minimum atomic E-state index is -0.189. The number of aromatic nitrogens is 3. The molecular weight excluding hydrogens is 424 g/mol. The van der Waals surface area contributed by atoms with Gasteiger partial charge in [-0.25, -0.2) is 0 Å². The van der Waals surface area contributed by atoms with E-state index in [4.69, 9.17) is 18.9 Å². The maximum Gasteiger partial charge on any atom is 0.228 e. The van der Waals surface area contributed by atoms with Crippen LogP contribution in [0.5, 0.6) is 23.0 Å². The van der Waals surface area contributed by atoms with Crippen LogP contribution in [0.1, 0.15) is 5.56 Å². The van der Waals surface area contributed by atoms with Gasteiger partial charge in [-0.3, -0.25) is 4.79 Å². The second-order valence-electron chi connectivity index (χ2n) is 7.15. The van der Waals surface area contributed by atoms with E-state index in [0.717, 1.165) is 17.0 Å². The van der Waals surface area contributed by atoms with E-state index in [1.54, 1.807) is 36.2 Å². The van der Waals surface area contributed by atoms with Crippen LogP contribution in [0.4, 0.5) is 5.69 Å². The number of benzene rings is 3. The average Bonchev–Trinajstić information content (AvgIpc) is 3.26. The van der Waals surface area contributed by atoms with E-state index in [1.165, 1.54) is 21.3 Å². The Kier molecular flexibility index (Phi) is 6.30. The number of methoxy groups -OCH3 is 4. The minimum Gasteiger partial charge on any atom is -0.497 e. The zero-order valence-electron chi connectivity index (χ0n) is 18.8. The van der Waals surface area contributed by atoms with Crippen molar-refractivity contribution in [3.8, 4) is 28.7 Å². The van der Waals surface area contributed by atoms with Gasteiger partial charge >= 0.3 is 0 Å². The summed E-state index contributed by atoms with van der Waals surface area (Å²) in [5.74, 6) is 2.04. The molecule has 0 bridgehead atoms. The largest absolute Gasteiger partial charge is 0.497 e. The molecule has 0 saturated carbocycles. The van der Waals surface area contributed by atoms with E-state index in [0.29, 0.717) is 34.0 Å². The molecule has 0 aliphatic heterocycles. The summed E-state index contributed by atoms with van der Waals surface area (Å²) >= 11 is 0. The summed E-state index contributed by atoms with van der Waals surface area (Å²) < 4.78 is 21.2. The van der Waals surface area contributed by atoms with Gasteiger partial charge in [0.15, 0.2) is 11.5 Å². The molecule has 0 radical (unpaired) electrons. The van der Waals surface area contributed by atoms with Gasteiger partial charge < -0.3 is 24.3 Å². The van der Waals surface area contributed by atoms with Crippen LogP contribution in [-0.2, 0) is 11.2 Å². The lowest BCUT2D eigenvalue weighted by Crippen LogP contribution is -2.14. The van der Waals surface area contributed by atoms with Crippen molar-refractivity contribution in [2.24, 2.45) is 0 Å². The number of nitrogens with zero attached hydrogens (tertiary/aromatic N) is 3. The summed E-state index contributed by atoms with van der Waals surface area (Å²) in [7, 11) is 6.23. The quantitative estimate of drug-likeness (QED) is 0.440. The molecule has 0 saturated heterocycles. The Morgan fingerprint density at radius 1 is 0.818 bits per heavy atom. The number of carbonyl (C=O) groups excluding carboxylic acids is 1. The Morgan fingerprint density at radius 2 is 1.48 bits per heavy atom. The molecule has 1 N–H and O–H groups in total. The fourth-order valence-corrected chi connectivity index (χ4v) is 3.45. The minimum absolute atomic E-state index is 0.132. The number of fused-ring (bicyclic) bond motifs is 1. The molecule has 33 heavy (non-hydrogen) atoms. The highest BCUT2D eigenvalue weighted by Gasteiger charge is 2.15. The van der Waals surface area contributed by atoms with E-state index in [2.05, 4.69) is 15.5 Å². The monoisotopic (exact) mass is 448 g/mol. The molecule has 0 aliphatic rings. The van der Waals surface area contributed by atoms with Crippen molar-refractivity contribution in [3.05, 3.63) is 60.2 Å². The highest BCUT2D eigenvalue weighted by Crippen LogP contribution is 2.38. The second kappa shape index (κ2) is 9.47. The molecule has 0 unspecified atom stereocenters. The van der Waals surface area contributed by atoms with Gasteiger partial charge in [0, 0.05) is 5.69 Å². The van der Waals surface area contributed by atoms with Crippen molar-refractivity contribution in [1.82, 2.24) is 15.0 Å². The summed E-state index contributed by atoms with van der Waals surface area (Å²) in [6.45, 7) is 0. The Labute approximate surface area is 190 Å². The number of carbonyl (C=O) groups is 1. The molecule has 4 aromatic rings. The predicted molar refractivity (Wildman–Crippen MR) is 124 cm³/mol. The Morgan fingerprint density at radius 3 is 2.09 bits per heavy atom. The average molecular weight is 448 g/mol. The third kappa shape index (κ3) is 4.67. The van der Waals surface area contributed by atoms with Crippen molar-refractivity contribution in [2.75, 3.05) is 33.8 Å². The maximum atomic E-state index is 12.7. The SMILES string of the molecule is COc1ccc(-n2nc3ccc(NC(=O)Cc4cc(OC)c(OC)c(OC)c4)cc3n2)cc1. The van der Waals surface area contributed by atoms with Crippen LogP contribution in [0.25, 0.3) is 16.7 Å². The van der Waals surface area contributed by atoms with Gasteiger partial charge in [-0.2, -0.15) is 4.80 Å². The number of anilines is 1. The van der Waals surface area contributed by atoms with E-state index in [1.807, 2.05) is 30.3 Å². The highest BCUT2D eigenvalue weighted by atomic mass is 16.5. The summed E-state index contributed by atoms with van der Waals surface area (Å²) in [5.41, 5.74) is 3.54. The molecule has 0 atom stereocenters. The summed E-state index contributed by atoms with van der Waals surface area (Å²) in [5, 5.41) is 11.9. The van der Waals surface area contributed by atoms with Crippen molar-refractivity contribution in [3.63, 3.8) is 0 Å². The molecular formula is C24H24N4O5. The molecule has 9 heteroatoms. The Bertz CT molecular complexity index is 1260. The van der Waals surface area contributed by atoms with Crippen LogP contribution < -0.4 is 24.3 Å². The number of hydrogen-bond acceptors (Lipinski definition) is 7. The third-order valence-corrected chi connectivity index (χ3v) is 5.06. The number of ether oxygens (including phenoxy) is 4. The first-order chi connectivity index (χ1) is 16.0. The van der Waals surface area contributed by atoms with Gasteiger partial charge in [-0.1, -0.05) is 0 Å². The lowest BCUT2D eigenvalue weighted by molar-refractivity contribution is -0.115. The van der Waals surface area contributed by atoms with Crippen molar-refractivity contribution in [2.45, 2.75) is 6.42 Å². The maximum absolute atomic E-state index is 12.7. The fourth-order valence-electron chi connectivity index (χ4n) is 3.45. The Hall–Kier alpha value is -4.27. The molecule has 4 rings (SSSR count). The van der Waals surface area contributed by atoms with Crippen molar-refractivity contribution >= 4 is 22.6 Å². The van der Waals surface area contributed by atoms with Gasteiger partial charge in [0.1, 0.15) is 16.8 Å². The molecule has 1 aromatic heterocycles. The first kappa shape index (κ1) is 21.9. The van der Waals surface area contributed by atoms with Crippen LogP contribution >= 0.6 is 0 Å². The Balaban J connectivity index is 1.51. The van der Waals surface area contributed by atoms with Crippen LogP contribution in [-0.4, -0.2) is 49.3 Å². The first-order valence-electron chi connectivity index (χ1n) is 10.1. The molecule has 3 aromatic carbocycles. The third-order valence-electron chi connectivity index (χ3n) is 5.06. The highest BCUT2D eigenvalue weighted by molar-refractivity contribution is 5.94. The standard InChI is InChI=1S/C24H24N4O5/c1-30-18-8-6-17(7-9-18)28-26-19-10-5-16(14-20(19)27-28)25-23(29)13-15-11-21(31-2)24(33-4)22(12-15)32-3/h5-12,14H,13H2,1-4H3,(H,25,29). The van der Waals surface area contributed by atoms with E-state index in [-0.39, 0.29) is 12.3 Å². The van der Waals surface area contributed by atoms with E-state index >= 15 is 0 Å². The second-order valence-corrected chi connectivity index (χ2v) is 7.15. The number of amides is 1. The van der Waals surface area contributed by atoms with Crippen LogP contribution in [0.15, 0.2) is 54.6 Å². The molecule has 1 heterocycles. The molecule has 0 aliphatic carbocycles.